The number of carbonyl (C=O) groups is 2. The molecule has 3 aliphatic heterocycles. The van der Waals surface area contributed by atoms with Crippen LogP contribution in [0.25, 0.3) is 11.4 Å². The minimum Gasteiger partial charge on any atom is -0.397 e. The second-order valence-electron chi connectivity index (χ2n) is 13.5. The Labute approximate surface area is 291 Å². The molecule has 0 radical (unpaired) electrons. The number of nitrogen functional groups attached to an aromatic ring is 1. The van der Waals surface area contributed by atoms with Crippen molar-refractivity contribution in [2.45, 2.75) is 76.0 Å². The largest absolute Gasteiger partial charge is 0.418 e. The number of hydrogen-bond donors (Lipinski definition) is 2. The molecule has 49 heavy (non-hydrogen) atoms. The summed E-state index contributed by atoms with van der Waals surface area (Å²) in [5, 5.41) is 4.52. The van der Waals surface area contributed by atoms with Crippen molar-refractivity contribution in [1.82, 2.24) is 29.5 Å². The van der Waals surface area contributed by atoms with E-state index >= 15 is 0 Å². The van der Waals surface area contributed by atoms with E-state index < -0.39 is 23.3 Å². The van der Waals surface area contributed by atoms with Crippen LogP contribution in [0, 0.1) is 5.92 Å². The van der Waals surface area contributed by atoms with Crippen LogP contribution in [0.3, 0.4) is 0 Å². The van der Waals surface area contributed by atoms with Crippen molar-refractivity contribution in [2.75, 3.05) is 45.0 Å². The zero-order valence-electron chi connectivity index (χ0n) is 27.4. The average molecular weight is 747 g/mol. The first-order valence-electron chi connectivity index (χ1n) is 17.2. The molecule has 264 valence electrons. The summed E-state index contributed by atoms with van der Waals surface area (Å²) >= 11 is 3.16. The highest BCUT2D eigenvalue weighted by Crippen LogP contribution is 2.39. The number of benzene rings is 2. The van der Waals surface area contributed by atoms with Crippen molar-refractivity contribution in [3.05, 3.63) is 68.5 Å². The van der Waals surface area contributed by atoms with E-state index in [4.69, 9.17) is 5.73 Å². The van der Waals surface area contributed by atoms with Gasteiger partial charge in [0.2, 0.25) is 11.8 Å². The van der Waals surface area contributed by atoms with E-state index in [9.17, 15) is 27.6 Å². The van der Waals surface area contributed by atoms with Crippen molar-refractivity contribution in [2.24, 2.45) is 5.92 Å². The minimum absolute atomic E-state index is 0.0278. The highest BCUT2D eigenvalue weighted by Gasteiger charge is 2.37. The topological polar surface area (TPSA) is 121 Å². The van der Waals surface area contributed by atoms with E-state index in [-0.39, 0.29) is 46.4 Å². The molecule has 14 heteroatoms. The molecule has 0 aliphatic carbocycles. The lowest BCUT2D eigenvalue weighted by atomic mass is 9.91. The lowest BCUT2D eigenvalue weighted by Gasteiger charge is -2.41. The summed E-state index contributed by atoms with van der Waals surface area (Å²) in [5.41, 5.74) is 5.15. The molecule has 3 fully saturated rings. The van der Waals surface area contributed by atoms with Crippen LogP contribution in [0.4, 0.5) is 18.9 Å². The van der Waals surface area contributed by atoms with E-state index in [0.717, 1.165) is 37.6 Å². The number of amides is 2. The highest BCUT2D eigenvalue weighted by molar-refractivity contribution is 9.10. The molecule has 2 aromatic carbocycles. The van der Waals surface area contributed by atoms with Crippen LogP contribution in [0.5, 0.6) is 0 Å². The standard InChI is InChI=1S/C35H43BrF3N7O3/c36-29-21-23(20-28(31(29)40)35(37,38)39)19-25(33(48)45-17-9-26(10-18-45)43-13-5-2-6-14-43)22-30(47)44-15-11-27(12-16-44)46-34(49)41-32(42-46)24-7-3-1-4-8-24/h1,3-4,7-8,20-21,25-27H,2,5-6,9-19,22,40H2,(H,41,42,49)/t25-/m0/s1. The summed E-state index contributed by atoms with van der Waals surface area (Å²) in [6.45, 7) is 4.00. The van der Waals surface area contributed by atoms with Crippen LogP contribution in [-0.4, -0.2) is 86.6 Å². The minimum atomic E-state index is -4.67. The number of anilines is 1. The Morgan fingerprint density at radius 1 is 0.918 bits per heavy atom. The predicted octanol–water partition coefficient (Wildman–Crippen LogP) is 5.49. The first kappa shape index (κ1) is 35.2. The summed E-state index contributed by atoms with van der Waals surface area (Å²) < 4.78 is 43.1. The Morgan fingerprint density at radius 2 is 1.55 bits per heavy atom. The number of hydrogen-bond acceptors (Lipinski definition) is 6. The molecule has 0 bridgehead atoms. The maximum Gasteiger partial charge on any atom is 0.418 e. The van der Waals surface area contributed by atoms with Gasteiger partial charge in [0.15, 0.2) is 5.82 Å². The maximum atomic E-state index is 14.1. The molecule has 2 amide bonds. The molecule has 0 spiro atoms. The van der Waals surface area contributed by atoms with Crippen LogP contribution in [0.2, 0.25) is 0 Å². The third-order valence-corrected chi connectivity index (χ3v) is 10.9. The van der Waals surface area contributed by atoms with Crippen molar-refractivity contribution < 1.29 is 22.8 Å². The van der Waals surface area contributed by atoms with Gasteiger partial charge in [0, 0.05) is 48.7 Å². The van der Waals surface area contributed by atoms with Crippen LogP contribution < -0.4 is 11.4 Å². The van der Waals surface area contributed by atoms with Gasteiger partial charge < -0.3 is 20.4 Å². The van der Waals surface area contributed by atoms with Crippen LogP contribution in [-0.2, 0) is 22.2 Å². The monoisotopic (exact) mass is 745 g/mol. The first-order valence-corrected chi connectivity index (χ1v) is 18.0. The summed E-state index contributed by atoms with van der Waals surface area (Å²) in [5.74, 6) is -0.799. The number of aromatic nitrogens is 3. The molecule has 3 saturated heterocycles. The maximum absolute atomic E-state index is 14.1. The number of likely N-dealkylation sites (tertiary alicyclic amines) is 3. The highest BCUT2D eigenvalue weighted by atomic mass is 79.9. The number of nitrogens with one attached hydrogen (secondary N) is 1. The second kappa shape index (κ2) is 15.1. The quantitative estimate of drug-likeness (QED) is 0.295. The number of carbonyl (C=O) groups excluding carboxylic acids is 2. The van der Waals surface area contributed by atoms with Gasteiger partial charge in [-0.3, -0.25) is 14.6 Å². The fourth-order valence-electron chi connectivity index (χ4n) is 7.56. The number of nitrogens with zero attached hydrogens (tertiary/aromatic N) is 5. The van der Waals surface area contributed by atoms with Gasteiger partial charge >= 0.3 is 11.9 Å². The molecule has 1 atom stereocenters. The van der Waals surface area contributed by atoms with E-state index in [0.29, 0.717) is 50.9 Å². The first-order chi connectivity index (χ1) is 23.5. The molecule has 3 aliphatic rings. The fraction of sp³-hybridized carbons (Fsp3) is 0.543. The number of H-pyrrole nitrogens is 1. The molecule has 0 saturated carbocycles. The van der Waals surface area contributed by atoms with Crippen molar-refractivity contribution in [3.63, 3.8) is 0 Å². The molecule has 4 heterocycles. The normalized spacial score (nSPS) is 19.3. The van der Waals surface area contributed by atoms with Crippen LogP contribution in [0.1, 0.15) is 68.5 Å². The zero-order chi connectivity index (χ0) is 34.7. The second-order valence-corrected chi connectivity index (χ2v) is 14.4. The Balaban J connectivity index is 1.14. The van der Waals surface area contributed by atoms with Gasteiger partial charge in [0.1, 0.15) is 0 Å². The number of rotatable bonds is 8. The third kappa shape index (κ3) is 8.22. The Morgan fingerprint density at radius 3 is 2.20 bits per heavy atom. The summed E-state index contributed by atoms with van der Waals surface area (Å²) in [4.78, 5) is 49.4. The zero-order valence-corrected chi connectivity index (χ0v) is 29.0. The summed E-state index contributed by atoms with van der Waals surface area (Å²) in [7, 11) is 0. The van der Waals surface area contributed by atoms with E-state index in [1.807, 2.05) is 30.3 Å². The molecular weight excluding hydrogens is 703 g/mol. The van der Waals surface area contributed by atoms with Crippen molar-refractivity contribution in [1.29, 1.82) is 0 Å². The van der Waals surface area contributed by atoms with Crippen molar-refractivity contribution in [3.8, 4) is 11.4 Å². The van der Waals surface area contributed by atoms with Crippen LogP contribution >= 0.6 is 15.9 Å². The fourth-order valence-corrected chi connectivity index (χ4v) is 8.07. The SMILES string of the molecule is Nc1c(Br)cc(C[C@@H](CC(=O)N2CCC(n3nc(-c4ccccc4)[nH]c3=O)CC2)C(=O)N2CCC(N3CCCCC3)CC2)cc1C(F)(F)F. The molecule has 3 aromatic rings. The van der Waals surface area contributed by atoms with Gasteiger partial charge in [0.05, 0.1) is 23.2 Å². The van der Waals surface area contributed by atoms with Gasteiger partial charge in [-0.15, -0.1) is 5.10 Å². The molecule has 0 unspecified atom stereocenters. The predicted molar refractivity (Wildman–Crippen MR) is 184 cm³/mol. The Kier molecular flexibility index (Phi) is 10.8. The Bertz CT molecular complexity index is 1670. The smallest absolute Gasteiger partial charge is 0.397 e. The summed E-state index contributed by atoms with van der Waals surface area (Å²) in [6, 6.07) is 12.1. The molecule has 1 aromatic heterocycles. The number of alkyl halides is 3. The lowest BCUT2D eigenvalue weighted by molar-refractivity contribution is -0.143. The number of halogens is 4. The molecule has 6 rings (SSSR count). The number of piperidine rings is 3. The molecule has 3 N–H and O–H groups in total. The van der Waals surface area contributed by atoms with E-state index in [2.05, 4.69) is 30.9 Å². The van der Waals surface area contributed by atoms with Crippen molar-refractivity contribution >= 4 is 33.4 Å². The van der Waals surface area contributed by atoms with Gasteiger partial charge in [-0.25, -0.2) is 9.48 Å². The van der Waals surface area contributed by atoms with Crippen LogP contribution in [0.15, 0.2) is 51.7 Å². The van der Waals surface area contributed by atoms with E-state index in [1.54, 1.807) is 9.80 Å². The van der Waals surface area contributed by atoms with Gasteiger partial charge in [0.25, 0.3) is 0 Å². The number of nitrogens with two attached hydrogens (primary N) is 1. The molecular formula is C35H43BrF3N7O3. The van der Waals surface area contributed by atoms with Gasteiger partial charge in [-0.05, 0) is 91.7 Å². The molecule has 10 nitrogen and oxygen atoms in total. The van der Waals surface area contributed by atoms with Gasteiger partial charge in [-0.1, -0.05) is 36.8 Å². The Hall–Kier alpha value is -3.65. The third-order valence-electron chi connectivity index (χ3n) is 10.3. The summed E-state index contributed by atoms with van der Waals surface area (Å²) in [6.07, 6.45) is 1.48. The van der Waals surface area contributed by atoms with E-state index in [1.165, 1.54) is 30.0 Å². The average Bonchev–Trinajstić information content (AvgIpc) is 3.51. The number of aromatic amines is 1. The lowest BCUT2D eigenvalue weighted by Crippen LogP contribution is -2.50. The van der Waals surface area contributed by atoms with Gasteiger partial charge in [-0.2, -0.15) is 13.2 Å².